The van der Waals surface area contributed by atoms with Crippen LogP contribution in [0.25, 0.3) is 10.9 Å². The third-order valence-electron chi connectivity index (χ3n) is 6.44. The number of para-hydroxylation sites is 1. The minimum absolute atomic E-state index is 0.0543. The number of hydrogen-bond acceptors (Lipinski definition) is 4. The molecule has 2 aromatic rings. The fourth-order valence-electron chi connectivity index (χ4n) is 4.79. The first-order valence-corrected chi connectivity index (χ1v) is 12.0. The Kier molecular flexibility index (Phi) is 8.24. The molecule has 0 saturated carbocycles. The number of nitrogens with zero attached hydrogens (tertiary/aromatic N) is 4. The highest BCUT2D eigenvalue weighted by Crippen LogP contribution is 2.27. The molecule has 1 aliphatic heterocycles. The van der Waals surface area contributed by atoms with Gasteiger partial charge in [0.15, 0.2) is 0 Å². The summed E-state index contributed by atoms with van der Waals surface area (Å²) in [6.07, 6.45) is 5.64. The Morgan fingerprint density at radius 3 is 2.58 bits per heavy atom. The minimum atomic E-state index is 0.0543. The van der Waals surface area contributed by atoms with Crippen molar-refractivity contribution in [3.63, 3.8) is 0 Å². The second-order valence-electron chi connectivity index (χ2n) is 8.76. The van der Waals surface area contributed by atoms with Gasteiger partial charge in [-0.15, -0.1) is 0 Å². The van der Waals surface area contributed by atoms with E-state index < -0.39 is 0 Å². The number of carbonyl (C=O) groups excluding carboxylic acids is 1. The van der Waals surface area contributed by atoms with E-state index in [1.54, 1.807) is 0 Å². The van der Waals surface area contributed by atoms with E-state index in [-0.39, 0.29) is 23.6 Å². The van der Waals surface area contributed by atoms with Gasteiger partial charge < -0.3 is 4.90 Å². The largest absolute Gasteiger partial charge is 0.337 e. The van der Waals surface area contributed by atoms with Crippen molar-refractivity contribution in [1.29, 1.82) is 0 Å². The van der Waals surface area contributed by atoms with Crippen LogP contribution in [0.1, 0.15) is 78.1 Å². The molecule has 6 heteroatoms. The van der Waals surface area contributed by atoms with Crippen LogP contribution < -0.4 is 5.56 Å². The molecule has 0 aliphatic carbocycles. The highest BCUT2D eigenvalue weighted by Gasteiger charge is 2.32. The first kappa shape index (κ1) is 23.5. The highest BCUT2D eigenvalue weighted by molar-refractivity contribution is 5.77. The first-order chi connectivity index (χ1) is 15.0. The van der Waals surface area contributed by atoms with Crippen LogP contribution >= 0.6 is 0 Å². The lowest BCUT2D eigenvalue weighted by Gasteiger charge is -2.43. The molecule has 1 saturated heterocycles. The van der Waals surface area contributed by atoms with Gasteiger partial charge in [-0.3, -0.25) is 19.1 Å². The maximum atomic E-state index is 13.2. The predicted octanol–water partition coefficient (Wildman–Crippen LogP) is 4.37. The van der Waals surface area contributed by atoms with Crippen molar-refractivity contribution in [2.75, 3.05) is 19.6 Å². The fraction of sp³-hybridized carbons (Fsp3) is 0.640. The predicted molar refractivity (Wildman–Crippen MR) is 126 cm³/mol. The minimum Gasteiger partial charge on any atom is -0.337 e. The Morgan fingerprint density at radius 2 is 1.90 bits per heavy atom. The number of carbonyl (C=O) groups is 1. The molecule has 2 heterocycles. The molecule has 1 aromatic heterocycles. The second-order valence-corrected chi connectivity index (χ2v) is 8.76. The van der Waals surface area contributed by atoms with Gasteiger partial charge >= 0.3 is 0 Å². The number of benzene rings is 1. The van der Waals surface area contributed by atoms with E-state index in [4.69, 9.17) is 4.98 Å². The molecule has 0 radical (unpaired) electrons. The number of rotatable bonds is 9. The Labute approximate surface area is 186 Å². The van der Waals surface area contributed by atoms with Crippen molar-refractivity contribution in [3.05, 3.63) is 40.4 Å². The van der Waals surface area contributed by atoms with Crippen LogP contribution in [0, 0.1) is 0 Å². The van der Waals surface area contributed by atoms with Gasteiger partial charge in [-0.2, -0.15) is 0 Å². The number of hydrogen-bond donors (Lipinski definition) is 0. The summed E-state index contributed by atoms with van der Waals surface area (Å²) in [6.45, 7) is 11.6. The lowest BCUT2D eigenvalue weighted by Crippen LogP contribution is -2.55. The number of aromatic nitrogens is 2. The normalized spacial score (nSPS) is 18.5. The van der Waals surface area contributed by atoms with E-state index in [2.05, 4.69) is 32.6 Å². The third-order valence-corrected chi connectivity index (χ3v) is 6.44. The summed E-state index contributed by atoms with van der Waals surface area (Å²) in [5.41, 5.74) is 0.824. The summed E-state index contributed by atoms with van der Waals surface area (Å²) >= 11 is 0. The zero-order valence-electron chi connectivity index (χ0n) is 19.6. The van der Waals surface area contributed by atoms with Gasteiger partial charge in [-0.05, 0) is 38.3 Å². The standard InChI is InChI=1S/C25H38N4O2/c1-5-8-9-14-23(30)28-17-16-27(18-19(28)4)22(7-3)24-26-21-13-11-10-12-20(21)25(31)29(24)15-6-2/h10-13,19,22H,5-9,14-18H2,1-4H3. The summed E-state index contributed by atoms with van der Waals surface area (Å²) in [4.78, 5) is 35.3. The number of amides is 1. The molecule has 1 fully saturated rings. The molecule has 0 N–H and O–H groups in total. The van der Waals surface area contributed by atoms with Crippen LogP contribution in [0.5, 0.6) is 0 Å². The fourth-order valence-corrected chi connectivity index (χ4v) is 4.79. The van der Waals surface area contributed by atoms with E-state index in [1.165, 1.54) is 0 Å². The molecule has 6 nitrogen and oxygen atoms in total. The van der Waals surface area contributed by atoms with Gasteiger partial charge in [0.2, 0.25) is 5.91 Å². The zero-order chi connectivity index (χ0) is 22.4. The molecular weight excluding hydrogens is 388 g/mol. The van der Waals surface area contributed by atoms with Crippen molar-refractivity contribution < 1.29 is 4.79 Å². The first-order valence-electron chi connectivity index (χ1n) is 12.0. The van der Waals surface area contributed by atoms with Crippen molar-refractivity contribution in [3.8, 4) is 0 Å². The molecule has 1 aromatic carbocycles. The quantitative estimate of drug-likeness (QED) is 0.559. The van der Waals surface area contributed by atoms with Crippen LogP contribution in [-0.4, -0.2) is 50.9 Å². The average Bonchev–Trinajstić information content (AvgIpc) is 2.77. The Balaban J connectivity index is 1.84. The van der Waals surface area contributed by atoms with Gasteiger partial charge in [-0.1, -0.05) is 45.7 Å². The van der Waals surface area contributed by atoms with Crippen molar-refractivity contribution in [2.24, 2.45) is 0 Å². The molecule has 3 rings (SSSR count). The molecule has 1 amide bonds. The van der Waals surface area contributed by atoms with Gasteiger partial charge in [-0.25, -0.2) is 4.98 Å². The topological polar surface area (TPSA) is 58.4 Å². The monoisotopic (exact) mass is 426 g/mol. The SMILES string of the molecule is CCCCCC(=O)N1CCN(C(CC)c2nc3ccccc3c(=O)n2CCC)CC1C. The second kappa shape index (κ2) is 10.9. The van der Waals surface area contributed by atoms with Crippen LogP contribution in [0.3, 0.4) is 0 Å². The lowest BCUT2D eigenvalue weighted by atomic mass is 10.1. The average molecular weight is 427 g/mol. The summed E-state index contributed by atoms with van der Waals surface area (Å²) in [5, 5.41) is 0.686. The van der Waals surface area contributed by atoms with E-state index in [0.29, 0.717) is 18.4 Å². The maximum Gasteiger partial charge on any atom is 0.261 e. The van der Waals surface area contributed by atoms with Gasteiger partial charge in [0.1, 0.15) is 5.82 Å². The molecule has 2 unspecified atom stereocenters. The van der Waals surface area contributed by atoms with Crippen LogP contribution in [0.2, 0.25) is 0 Å². The van der Waals surface area contributed by atoms with E-state index in [9.17, 15) is 9.59 Å². The van der Waals surface area contributed by atoms with Crippen molar-refractivity contribution in [2.45, 2.75) is 84.8 Å². The highest BCUT2D eigenvalue weighted by atomic mass is 16.2. The van der Waals surface area contributed by atoms with Gasteiger partial charge in [0, 0.05) is 38.6 Å². The van der Waals surface area contributed by atoms with E-state index in [0.717, 1.165) is 63.1 Å². The Morgan fingerprint density at radius 1 is 1.13 bits per heavy atom. The van der Waals surface area contributed by atoms with E-state index >= 15 is 0 Å². The summed E-state index contributed by atoms with van der Waals surface area (Å²) < 4.78 is 1.88. The molecule has 170 valence electrons. The van der Waals surface area contributed by atoms with E-state index in [1.807, 2.05) is 33.7 Å². The lowest BCUT2D eigenvalue weighted by molar-refractivity contribution is -0.136. The molecule has 2 atom stereocenters. The van der Waals surface area contributed by atoms with Crippen molar-refractivity contribution in [1.82, 2.24) is 19.4 Å². The third kappa shape index (κ3) is 5.17. The van der Waals surface area contributed by atoms with Crippen molar-refractivity contribution >= 4 is 16.8 Å². The number of unbranched alkanes of at least 4 members (excludes halogenated alkanes) is 2. The van der Waals surface area contributed by atoms with Crippen LogP contribution in [-0.2, 0) is 11.3 Å². The molecular formula is C25H38N4O2. The van der Waals surface area contributed by atoms with Gasteiger partial charge in [0.25, 0.3) is 5.56 Å². The summed E-state index contributed by atoms with van der Waals surface area (Å²) in [7, 11) is 0. The Bertz CT molecular complexity index is 939. The summed E-state index contributed by atoms with van der Waals surface area (Å²) in [6, 6.07) is 7.88. The van der Waals surface area contributed by atoms with Gasteiger partial charge in [0.05, 0.1) is 16.9 Å². The number of piperazine rings is 1. The molecule has 1 aliphatic rings. The Hall–Kier alpha value is -2.21. The van der Waals surface area contributed by atoms with Crippen LogP contribution in [0.4, 0.5) is 0 Å². The smallest absolute Gasteiger partial charge is 0.261 e. The zero-order valence-corrected chi connectivity index (χ0v) is 19.6. The number of fused-ring (bicyclic) bond motifs is 1. The molecule has 31 heavy (non-hydrogen) atoms. The summed E-state index contributed by atoms with van der Waals surface area (Å²) in [5.74, 6) is 1.14. The molecule has 0 spiro atoms. The van der Waals surface area contributed by atoms with Crippen LogP contribution in [0.15, 0.2) is 29.1 Å². The maximum absolute atomic E-state index is 13.2. The molecule has 0 bridgehead atoms.